The number of nitrogens with zero attached hydrogens (tertiary/aromatic N) is 1. The molecule has 1 heterocycles. The van der Waals surface area contributed by atoms with Gasteiger partial charge in [-0.1, -0.05) is 129 Å². The highest BCUT2D eigenvalue weighted by atomic mass is 32.2. The highest BCUT2D eigenvalue weighted by molar-refractivity contribution is 8.15. The molecule has 4 aromatic carbocycles. The molecule has 0 aliphatic carbocycles. The van der Waals surface area contributed by atoms with Crippen LogP contribution in [0.25, 0.3) is 0 Å². The van der Waals surface area contributed by atoms with Crippen molar-refractivity contribution in [3.05, 3.63) is 138 Å². The van der Waals surface area contributed by atoms with Gasteiger partial charge in [-0.05, 0) is 73.9 Å². The second kappa shape index (κ2) is 15.1. The third kappa shape index (κ3) is 8.11. The minimum absolute atomic E-state index is 0.219. The standard InChI is InChI=1S/C40H44N2O5S/c1-28(2)25-33(41-37(44)47-39(3,4)5)27-46-34-23-21-29(22-24-34)26-35-36(43)42(38(45)48-35)40(30-15-9-6-10-16-30,31-17-11-7-12-18-31)32-19-13-8-14-20-32/h6-24,28,33,35H,25-27H2,1-5H3,(H,41,44)/t33-,35?/m1/s1. The van der Waals surface area contributed by atoms with E-state index in [4.69, 9.17) is 9.47 Å². The van der Waals surface area contributed by atoms with Crippen molar-refractivity contribution in [1.82, 2.24) is 10.2 Å². The van der Waals surface area contributed by atoms with Crippen molar-refractivity contribution in [2.75, 3.05) is 6.61 Å². The second-order valence-corrected chi connectivity index (χ2v) is 14.6. The minimum Gasteiger partial charge on any atom is -0.491 e. The summed E-state index contributed by atoms with van der Waals surface area (Å²) in [5.74, 6) is 0.772. The van der Waals surface area contributed by atoms with E-state index in [9.17, 15) is 14.4 Å². The molecule has 3 amide bonds. The molecule has 0 aromatic heterocycles. The number of carbonyl (C=O) groups excluding carboxylic acids is 3. The monoisotopic (exact) mass is 664 g/mol. The molecule has 0 saturated carbocycles. The number of imide groups is 1. The summed E-state index contributed by atoms with van der Waals surface area (Å²) in [7, 11) is 0. The van der Waals surface area contributed by atoms with Gasteiger partial charge < -0.3 is 14.8 Å². The lowest BCUT2D eigenvalue weighted by Crippen LogP contribution is -2.51. The Bertz CT molecular complexity index is 1580. The van der Waals surface area contributed by atoms with Crippen LogP contribution in [0.4, 0.5) is 9.59 Å². The average Bonchev–Trinajstić information content (AvgIpc) is 3.33. The van der Waals surface area contributed by atoms with Crippen molar-refractivity contribution >= 4 is 29.0 Å². The van der Waals surface area contributed by atoms with E-state index in [0.29, 0.717) is 18.1 Å². The molecule has 1 aliphatic heterocycles. The molecule has 250 valence electrons. The van der Waals surface area contributed by atoms with Crippen LogP contribution in [0, 0.1) is 5.92 Å². The molecule has 2 atom stereocenters. The van der Waals surface area contributed by atoms with Crippen molar-refractivity contribution < 1.29 is 23.9 Å². The Labute approximate surface area is 288 Å². The predicted octanol–water partition coefficient (Wildman–Crippen LogP) is 8.60. The SMILES string of the molecule is CC(C)C[C@H](COc1ccc(CC2SC(=O)N(C(c3ccccc3)(c3ccccc3)c3ccccc3)C2=O)cc1)NC(=O)OC(C)(C)C. The summed E-state index contributed by atoms with van der Waals surface area (Å²) < 4.78 is 11.5. The van der Waals surface area contributed by atoms with Crippen LogP contribution in [0.1, 0.15) is 63.3 Å². The zero-order valence-electron chi connectivity index (χ0n) is 28.2. The fourth-order valence-corrected chi connectivity index (χ4v) is 7.22. The summed E-state index contributed by atoms with van der Waals surface area (Å²) in [6, 6.07) is 36.7. The maximum Gasteiger partial charge on any atom is 0.407 e. The quantitative estimate of drug-likeness (QED) is 0.153. The van der Waals surface area contributed by atoms with E-state index in [-0.39, 0.29) is 23.8 Å². The first-order chi connectivity index (χ1) is 23.0. The lowest BCUT2D eigenvalue weighted by Gasteiger charge is -2.42. The van der Waals surface area contributed by atoms with Gasteiger partial charge in [0.25, 0.3) is 5.24 Å². The third-order valence-corrected chi connectivity index (χ3v) is 9.14. The van der Waals surface area contributed by atoms with Crippen LogP contribution in [0.5, 0.6) is 5.75 Å². The molecular weight excluding hydrogens is 621 g/mol. The molecule has 1 aliphatic rings. The molecule has 8 heteroatoms. The molecule has 5 rings (SSSR count). The van der Waals surface area contributed by atoms with Crippen LogP contribution in [0.15, 0.2) is 115 Å². The number of hydrogen-bond donors (Lipinski definition) is 1. The van der Waals surface area contributed by atoms with Crippen LogP contribution in [-0.4, -0.2) is 45.6 Å². The summed E-state index contributed by atoms with van der Waals surface area (Å²) in [5, 5.41) is 2.06. The van der Waals surface area contributed by atoms with Gasteiger partial charge in [0, 0.05) is 0 Å². The molecule has 0 radical (unpaired) electrons. The number of hydrogen-bond acceptors (Lipinski definition) is 6. The van der Waals surface area contributed by atoms with E-state index < -0.39 is 22.5 Å². The van der Waals surface area contributed by atoms with Crippen LogP contribution in [0.2, 0.25) is 0 Å². The highest BCUT2D eigenvalue weighted by Crippen LogP contribution is 2.47. The highest BCUT2D eigenvalue weighted by Gasteiger charge is 2.53. The Hall–Kier alpha value is -4.56. The molecule has 4 aromatic rings. The van der Waals surface area contributed by atoms with Crippen molar-refractivity contribution in [1.29, 1.82) is 0 Å². The van der Waals surface area contributed by atoms with Gasteiger partial charge in [0.05, 0.1) is 11.3 Å². The zero-order chi connectivity index (χ0) is 34.3. The molecule has 48 heavy (non-hydrogen) atoms. The topological polar surface area (TPSA) is 84.9 Å². The smallest absolute Gasteiger partial charge is 0.407 e. The number of amides is 3. The van der Waals surface area contributed by atoms with Crippen LogP contribution in [0.3, 0.4) is 0 Å². The maximum absolute atomic E-state index is 14.4. The van der Waals surface area contributed by atoms with Crippen LogP contribution >= 0.6 is 11.8 Å². The van der Waals surface area contributed by atoms with Crippen molar-refractivity contribution in [2.24, 2.45) is 5.92 Å². The molecule has 1 N–H and O–H groups in total. The average molecular weight is 665 g/mol. The molecule has 0 bridgehead atoms. The predicted molar refractivity (Wildman–Crippen MR) is 191 cm³/mol. The lowest BCUT2D eigenvalue weighted by molar-refractivity contribution is -0.129. The van der Waals surface area contributed by atoms with E-state index in [1.54, 1.807) is 0 Å². The van der Waals surface area contributed by atoms with Gasteiger partial charge in [0.1, 0.15) is 23.5 Å². The maximum atomic E-state index is 14.4. The van der Waals surface area contributed by atoms with Gasteiger partial charge in [-0.15, -0.1) is 0 Å². The van der Waals surface area contributed by atoms with E-state index in [2.05, 4.69) is 19.2 Å². The molecule has 1 saturated heterocycles. The van der Waals surface area contributed by atoms with E-state index in [1.165, 1.54) is 4.90 Å². The molecule has 7 nitrogen and oxygen atoms in total. The summed E-state index contributed by atoms with van der Waals surface area (Å²) in [6.45, 7) is 9.97. The van der Waals surface area contributed by atoms with Gasteiger partial charge in [-0.25, -0.2) is 4.79 Å². The Kier molecular flexibility index (Phi) is 10.9. The fraction of sp³-hybridized carbons (Fsp3) is 0.325. The van der Waals surface area contributed by atoms with E-state index >= 15 is 0 Å². The van der Waals surface area contributed by atoms with Crippen molar-refractivity contribution in [2.45, 2.75) is 69.9 Å². The van der Waals surface area contributed by atoms with E-state index in [1.807, 2.05) is 136 Å². The summed E-state index contributed by atoms with van der Waals surface area (Å²) in [5.41, 5.74) is 1.70. The van der Waals surface area contributed by atoms with Crippen LogP contribution < -0.4 is 10.1 Å². The number of alkyl carbamates (subject to hydrolysis) is 1. The zero-order valence-corrected chi connectivity index (χ0v) is 29.0. The van der Waals surface area contributed by atoms with Crippen molar-refractivity contribution in [3.63, 3.8) is 0 Å². The number of ether oxygens (including phenoxy) is 2. The number of rotatable bonds is 12. The second-order valence-electron chi connectivity index (χ2n) is 13.5. The number of nitrogens with one attached hydrogen (secondary N) is 1. The number of thioether (sulfide) groups is 1. The number of benzene rings is 4. The van der Waals surface area contributed by atoms with Gasteiger partial charge >= 0.3 is 6.09 Å². The van der Waals surface area contributed by atoms with E-state index in [0.717, 1.165) is 40.4 Å². The summed E-state index contributed by atoms with van der Waals surface area (Å²) in [6.07, 6.45) is 0.654. The Morgan fingerprint density at radius 2 is 1.29 bits per heavy atom. The fourth-order valence-electron chi connectivity index (χ4n) is 6.16. The Morgan fingerprint density at radius 3 is 1.75 bits per heavy atom. The largest absolute Gasteiger partial charge is 0.491 e. The normalized spacial score (nSPS) is 15.8. The first-order valence-corrected chi connectivity index (χ1v) is 17.3. The Morgan fingerprint density at radius 1 is 0.792 bits per heavy atom. The molecule has 1 fully saturated rings. The summed E-state index contributed by atoms with van der Waals surface area (Å²) in [4.78, 5) is 42.3. The van der Waals surface area contributed by atoms with Crippen molar-refractivity contribution in [3.8, 4) is 5.75 Å². The minimum atomic E-state index is -1.14. The van der Waals surface area contributed by atoms with Crippen LogP contribution in [-0.2, 0) is 21.5 Å². The van der Waals surface area contributed by atoms with Gasteiger partial charge in [0.2, 0.25) is 5.91 Å². The Balaban J connectivity index is 1.35. The molecule has 1 unspecified atom stereocenters. The van der Waals surface area contributed by atoms with Gasteiger partial charge in [-0.2, -0.15) is 0 Å². The molecular formula is C40H44N2O5S. The van der Waals surface area contributed by atoms with Gasteiger partial charge in [0.15, 0.2) is 0 Å². The number of carbonyl (C=O) groups is 3. The molecule has 0 spiro atoms. The lowest BCUT2D eigenvalue weighted by atomic mass is 9.75. The first kappa shape index (κ1) is 34.8. The first-order valence-electron chi connectivity index (χ1n) is 16.4. The third-order valence-electron chi connectivity index (χ3n) is 8.10. The summed E-state index contributed by atoms with van der Waals surface area (Å²) >= 11 is 1.08. The van der Waals surface area contributed by atoms with Gasteiger partial charge in [-0.3, -0.25) is 14.5 Å².